The fourth-order valence-electron chi connectivity index (χ4n) is 4.02. The Morgan fingerprint density at radius 1 is 0.912 bits per heavy atom. The maximum Gasteiger partial charge on any atom is 0.262 e. The summed E-state index contributed by atoms with van der Waals surface area (Å²) in [5.74, 6) is 0.463. The van der Waals surface area contributed by atoms with Crippen molar-refractivity contribution in [3.63, 3.8) is 0 Å². The number of nitrogens with one attached hydrogen (secondary N) is 1. The van der Waals surface area contributed by atoms with Gasteiger partial charge in [0, 0.05) is 48.1 Å². The molecule has 0 unspecified atom stereocenters. The van der Waals surface area contributed by atoms with Crippen LogP contribution < -0.4 is 15.0 Å². The minimum atomic E-state index is -0.231. The number of piperazine rings is 1. The molecule has 0 bridgehead atoms. The third-order valence-electron chi connectivity index (χ3n) is 5.88. The van der Waals surface area contributed by atoms with Gasteiger partial charge in [0.15, 0.2) is 6.61 Å². The number of rotatable bonds is 6. The number of amides is 2. The minimum absolute atomic E-state index is 0.0736. The lowest BCUT2D eigenvalue weighted by Crippen LogP contribution is -2.48. The van der Waals surface area contributed by atoms with Gasteiger partial charge in [0.2, 0.25) is 0 Å². The second kappa shape index (κ2) is 10.6. The van der Waals surface area contributed by atoms with Gasteiger partial charge in [-0.3, -0.25) is 9.59 Å². The fourth-order valence-corrected chi connectivity index (χ4v) is 4.13. The van der Waals surface area contributed by atoms with Crippen molar-refractivity contribution in [3.05, 3.63) is 88.4 Å². The second-order valence-corrected chi connectivity index (χ2v) is 8.78. The Hall–Kier alpha value is -3.51. The summed E-state index contributed by atoms with van der Waals surface area (Å²) in [5, 5.41) is 3.57. The average Bonchev–Trinajstić information content (AvgIpc) is 2.86. The van der Waals surface area contributed by atoms with Gasteiger partial charge >= 0.3 is 0 Å². The molecule has 1 heterocycles. The van der Waals surface area contributed by atoms with Gasteiger partial charge in [0.25, 0.3) is 11.8 Å². The van der Waals surface area contributed by atoms with E-state index in [0.717, 1.165) is 35.5 Å². The van der Waals surface area contributed by atoms with Crippen LogP contribution in [0.3, 0.4) is 0 Å². The molecule has 6 nitrogen and oxygen atoms in total. The summed E-state index contributed by atoms with van der Waals surface area (Å²) in [5.41, 5.74) is 4.32. The van der Waals surface area contributed by atoms with E-state index in [2.05, 4.69) is 10.2 Å². The molecule has 1 aliphatic rings. The molecule has 1 fully saturated rings. The van der Waals surface area contributed by atoms with E-state index in [4.69, 9.17) is 16.3 Å². The molecule has 1 saturated heterocycles. The van der Waals surface area contributed by atoms with E-state index in [1.807, 2.05) is 85.5 Å². The van der Waals surface area contributed by atoms with Gasteiger partial charge in [-0.2, -0.15) is 0 Å². The molecule has 34 heavy (non-hydrogen) atoms. The molecule has 1 aliphatic heterocycles. The summed E-state index contributed by atoms with van der Waals surface area (Å²) >= 11 is 6.18. The predicted molar refractivity (Wildman–Crippen MR) is 136 cm³/mol. The number of carbonyl (C=O) groups excluding carboxylic acids is 2. The summed E-state index contributed by atoms with van der Waals surface area (Å²) < 4.78 is 5.63. The van der Waals surface area contributed by atoms with Gasteiger partial charge in [-0.1, -0.05) is 29.8 Å². The first kappa shape index (κ1) is 23.6. The van der Waals surface area contributed by atoms with Crippen LogP contribution in [0.15, 0.2) is 66.7 Å². The molecule has 3 aromatic carbocycles. The zero-order chi connectivity index (χ0) is 24.1. The highest BCUT2D eigenvalue weighted by Gasteiger charge is 2.22. The van der Waals surface area contributed by atoms with Crippen LogP contribution in [-0.2, 0) is 4.79 Å². The Kier molecular flexibility index (Phi) is 7.38. The molecule has 3 aromatic rings. The van der Waals surface area contributed by atoms with Gasteiger partial charge in [-0.15, -0.1) is 0 Å². The number of nitrogens with zero attached hydrogens (tertiary/aromatic N) is 2. The minimum Gasteiger partial charge on any atom is -0.484 e. The molecule has 0 spiro atoms. The van der Waals surface area contributed by atoms with E-state index >= 15 is 0 Å². The molecular weight excluding hydrogens is 450 g/mol. The van der Waals surface area contributed by atoms with Gasteiger partial charge in [0.05, 0.1) is 0 Å². The number of carbonyl (C=O) groups is 2. The SMILES string of the molecule is Cc1cc(OCC(=O)Nc2ccc(N3CCN(C(=O)c4ccccc4)CC3)cc2)cc(C)c1Cl. The zero-order valence-electron chi connectivity index (χ0n) is 19.4. The van der Waals surface area contributed by atoms with Crippen LogP contribution in [0.25, 0.3) is 0 Å². The van der Waals surface area contributed by atoms with E-state index in [1.165, 1.54) is 0 Å². The highest BCUT2D eigenvalue weighted by molar-refractivity contribution is 6.32. The van der Waals surface area contributed by atoms with E-state index in [9.17, 15) is 9.59 Å². The van der Waals surface area contributed by atoms with E-state index in [1.54, 1.807) is 0 Å². The summed E-state index contributed by atoms with van der Waals surface area (Å²) in [6.07, 6.45) is 0. The van der Waals surface area contributed by atoms with Crippen LogP contribution >= 0.6 is 11.6 Å². The number of aryl methyl sites for hydroxylation is 2. The first-order chi connectivity index (χ1) is 16.4. The molecule has 0 aliphatic carbocycles. The quantitative estimate of drug-likeness (QED) is 0.546. The van der Waals surface area contributed by atoms with Crippen LogP contribution in [0.2, 0.25) is 5.02 Å². The smallest absolute Gasteiger partial charge is 0.262 e. The van der Waals surface area contributed by atoms with E-state index < -0.39 is 0 Å². The average molecular weight is 478 g/mol. The lowest BCUT2D eigenvalue weighted by Gasteiger charge is -2.36. The molecule has 2 amide bonds. The van der Waals surface area contributed by atoms with Gasteiger partial charge < -0.3 is 19.9 Å². The molecule has 0 aromatic heterocycles. The Morgan fingerprint density at radius 3 is 2.15 bits per heavy atom. The summed E-state index contributed by atoms with van der Waals surface area (Å²) in [6, 6.07) is 20.8. The molecule has 0 radical (unpaired) electrons. The Balaban J connectivity index is 1.26. The van der Waals surface area contributed by atoms with Crippen LogP contribution in [0, 0.1) is 13.8 Å². The number of hydrogen-bond donors (Lipinski definition) is 1. The largest absolute Gasteiger partial charge is 0.484 e. The summed E-state index contributed by atoms with van der Waals surface area (Å²) in [4.78, 5) is 29.1. The van der Waals surface area contributed by atoms with Crippen molar-refractivity contribution in [2.24, 2.45) is 0 Å². The van der Waals surface area contributed by atoms with Crippen LogP contribution in [0.1, 0.15) is 21.5 Å². The maximum absolute atomic E-state index is 12.6. The van der Waals surface area contributed by atoms with Crippen molar-refractivity contribution in [2.75, 3.05) is 43.0 Å². The highest BCUT2D eigenvalue weighted by atomic mass is 35.5. The lowest BCUT2D eigenvalue weighted by atomic mass is 10.1. The first-order valence-corrected chi connectivity index (χ1v) is 11.7. The summed E-state index contributed by atoms with van der Waals surface area (Å²) in [7, 11) is 0. The Bertz CT molecular complexity index is 1130. The number of hydrogen-bond acceptors (Lipinski definition) is 4. The second-order valence-electron chi connectivity index (χ2n) is 8.40. The number of anilines is 2. The monoisotopic (exact) mass is 477 g/mol. The third kappa shape index (κ3) is 5.69. The highest BCUT2D eigenvalue weighted by Crippen LogP contribution is 2.26. The van der Waals surface area contributed by atoms with Crippen molar-refractivity contribution < 1.29 is 14.3 Å². The maximum atomic E-state index is 12.6. The van der Waals surface area contributed by atoms with Crippen molar-refractivity contribution >= 4 is 34.8 Å². The van der Waals surface area contributed by atoms with Crippen molar-refractivity contribution in [1.29, 1.82) is 0 Å². The third-order valence-corrected chi connectivity index (χ3v) is 6.48. The van der Waals surface area contributed by atoms with Crippen LogP contribution in [-0.4, -0.2) is 49.5 Å². The Labute approximate surface area is 205 Å². The number of benzene rings is 3. The molecule has 0 saturated carbocycles. The lowest BCUT2D eigenvalue weighted by molar-refractivity contribution is -0.118. The fraction of sp³-hybridized carbons (Fsp3) is 0.259. The summed E-state index contributed by atoms with van der Waals surface area (Å²) in [6.45, 7) is 6.60. The van der Waals surface area contributed by atoms with Gasteiger partial charge in [0.1, 0.15) is 5.75 Å². The standard InChI is InChI=1S/C27H28ClN3O3/c1-19-16-24(17-20(2)26(19)28)34-18-25(32)29-22-8-10-23(11-9-22)30-12-14-31(15-13-30)27(33)21-6-4-3-5-7-21/h3-11,16-17H,12-15,18H2,1-2H3,(H,29,32). The zero-order valence-corrected chi connectivity index (χ0v) is 20.1. The molecule has 176 valence electrons. The first-order valence-electron chi connectivity index (χ1n) is 11.3. The molecule has 4 rings (SSSR count). The molecule has 7 heteroatoms. The van der Waals surface area contributed by atoms with Crippen molar-refractivity contribution in [1.82, 2.24) is 4.90 Å². The van der Waals surface area contributed by atoms with E-state index in [0.29, 0.717) is 29.5 Å². The van der Waals surface area contributed by atoms with Crippen LogP contribution in [0.5, 0.6) is 5.75 Å². The van der Waals surface area contributed by atoms with Gasteiger partial charge in [-0.25, -0.2) is 0 Å². The van der Waals surface area contributed by atoms with Crippen molar-refractivity contribution in [2.45, 2.75) is 13.8 Å². The topological polar surface area (TPSA) is 61.9 Å². The number of ether oxygens (including phenoxy) is 1. The van der Waals surface area contributed by atoms with Crippen molar-refractivity contribution in [3.8, 4) is 5.75 Å². The molecule has 1 N–H and O–H groups in total. The molecular formula is C27H28ClN3O3. The van der Waals surface area contributed by atoms with Gasteiger partial charge in [-0.05, 0) is 73.5 Å². The molecule has 0 atom stereocenters. The number of halogens is 1. The normalized spacial score (nSPS) is 13.5. The predicted octanol–water partition coefficient (Wildman–Crippen LogP) is 4.94. The Morgan fingerprint density at radius 2 is 1.53 bits per heavy atom. The van der Waals surface area contributed by atoms with E-state index in [-0.39, 0.29) is 18.4 Å². The van der Waals surface area contributed by atoms with Crippen LogP contribution in [0.4, 0.5) is 11.4 Å².